The normalized spacial score (nSPS) is 17.4. The zero-order valence-electron chi connectivity index (χ0n) is 16.3. The lowest BCUT2D eigenvalue weighted by Crippen LogP contribution is -2.39. The van der Waals surface area contributed by atoms with Crippen LogP contribution in [-0.4, -0.2) is 41.5 Å². The van der Waals surface area contributed by atoms with Crippen LogP contribution in [0.25, 0.3) is 10.9 Å². The van der Waals surface area contributed by atoms with Crippen molar-refractivity contribution in [3.8, 4) is 0 Å². The summed E-state index contributed by atoms with van der Waals surface area (Å²) >= 11 is 6.31. The number of aromatic nitrogens is 1. The van der Waals surface area contributed by atoms with E-state index in [0.717, 1.165) is 47.4 Å². The van der Waals surface area contributed by atoms with E-state index in [4.69, 9.17) is 16.3 Å². The predicted molar refractivity (Wildman–Crippen MR) is 113 cm³/mol. The molecule has 0 N–H and O–H groups in total. The van der Waals surface area contributed by atoms with Crippen LogP contribution >= 0.6 is 11.6 Å². The summed E-state index contributed by atoms with van der Waals surface area (Å²) in [5.41, 5.74) is 2.22. The smallest absolute Gasteiger partial charge is 0.340 e. The minimum atomic E-state index is -0.434. The molecule has 6 heteroatoms. The van der Waals surface area contributed by atoms with E-state index in [9.17, 15) is 9.59 Å². The molecule has 1 aromatic heterocycles. The monoisotopic (exact) mass is 410 g/mol. The molecule has 0 unspecified atom stereocenters. The van der Waals surface area contributed by atoms with Gasteiger partial charge in [0.15, 0.2) is 0 Å². The van der Waals surface area contributed by atoms with Gasteiger partial charge in [0.05, 0.1) is 24.1 Å². The highest BCUT2D eigenvalue weighted by Crippen LogP contribution is 2.27. The lowest BCUT2D eigenvalue weighted by molar-refractivity contribution is 0.0603. The maximum atomic E-state index is 13.4. The van der Waals surface area contributed by atoms with Gasteiger partial charge in [0.1, 0.15) is 0 Å². The van der Waals surface area contributed by atoms with Crippen LogP contribution in [0.5, 0.6) is 0 Å². The largest absolute Gasteiger partial charge is 0.465 e. The minimum absolute atomic E-state index is 0.0141. The first-order chi connectivity index (χ1) is 14.1. The number of carbonyl (C=O) groups is 2. The van der Waals surface area contributed by atoms with Crippen LogP contribution in [0, 0.1) is 5.92 Å². The fraction of sp³-hybridized carbons (Fsp3) is 0.304. The number of hydrogen-bond donors (Lipinski definition) is 0. The molecule has 3 aromatic rings. The van der Waals surface area contributed by atoms with Gasteiger partial charge in [-0.15, -0.1) is 0 Å². The Hall–Kier alpha value is -2.63. The minimum Gasteiger partial charge on any atom is -0.465 e. The van der Waals surface area contributed by atoms with Gasteiger partial charge >= 0.3 is 5.97 Å². The van der Waals surface area contributed by atoms with E-state index in [0.29, 0.717) is 12.1 Å². The number of nitrogens with zero attached hydrogens (tertiary/aromatic N) is 2. The molecule has 2 aromatic carbocycles. The molecule has 5 nitrogen and oxygen atoms in total. The average molecular weight is 411 g/mol. The first kappa shape index (κ1) is 19.7. The highest BCUT2D eigenvalue weighted by atomic mass is 35.5. The van der Waals surface area contributed by atoms with E-state index in [1.54, 1.807) is 10.8 Å². The number of esters is 1. The van der Waals surface area contributed by atoms with Crippen molar-refractivity contribution in [3.05, 3.63) is 70.9 Å². The van der Waals surface area contributed by atoms with Gasteiger partial charge in [0, 0.05) is 29.7 Å². The van der Waals surface area contributed by atoms with E-state index in [-0.39, 0.29) is 11.8 Å². The number of ether oxygens (including phenoxy) is 1. The number of para-hydroxylation sites is 1. The topological polar surface area (TPSA) is 51.5 Å². The Kier molecular flexibility index (Phi) is 5.69. The highest BCUT2D eigenvalue weighted by Gasteiger charge is 2.29. The van der Waals surface area contributed by atoms with Crippen LogP contribution < -0.4 is 0 Å². The second kappa shape index (κ2) is 8.39. The van der Waals surface area contributed by atoms with Crippen molar-refractivity contribution in [2.45, 2.75) is 19.4 Å². The summed E-state index contributed by atoms with van der Waals surface area (Å²) in [6.45, 7) is 2.34. The summed E-state index contributed by atoms with van der Waals surface area (Å²) in [6.07, 6.45) is 3.40. The van der Waals surface area contributed by atoms with Crippen molar-refractivity contribution in [1.29, 1.82) is 0 Å². The number of piperidine rings is 1. The Morgan fingerprint density at radius 1 is 1.14 bits per heavy atom. The number of likely N-dealkylation sites (tertiary alicyclic amines) is 1. The van der Waals surface area contributed by atoms with Gasteiger partial charge in [-0.1, -0.05) is 48.0 Å². The van der Waals surface area contributed by atoms with Crippen molar-refractivity contribution < 1.29 is 14.3 Å². The summed E-state index contributed by atoms with van der Waals surface area (Å²) < 4.78 is 6.51. The molecule has 2 heterocycles. The molecule has 0 aliphatic carbocycles. The molecule has 0 spiro atoms. The standard InChI is InChI=1S/C23H23ClN2O3/c1-29-23(28)19-15-26(21-11-5-3-9-18(19)21)22(27)17-8-6-12-25(14-17)13-16-7-2-4-10-20(16)24/h2-5,7,9-11,15,17H,6,8,12-14H2,1H3/t17-/m0/s1. The highest BCUT2D eigenvalue weighted by molar-refractivity contribution is 6.31. The molecule has 29 heavy (non-hydrogen) atoms. The quantitative estimate of drug-likeness (QED) is 0.588. The molecule has 0 saturated carbocycles. The van der Waals surface area contributed by atoms with Gasteiger partial charge in [-0.05, 0) is 37.1 Å². The van der Waals surface area contributed by atoms with Gasteiger partial charge in [-0.2, -0.15) is 0 Å². The van der Waals surface area contributed by atoms with Crippen LogP contribution in [0.3, 0.4) is 0 Å². The molecule has 4 rings (SSSR count). The summed E-state index contributed by atoms with van der Waals surface area (Å²) in [5, 5.41) is 1.48. The third-order valence-electron chi connectivity index (χ3n) is 5.56. The van der Waals surface area contributed by atoms with Crippen LogP contribution in [0.4, 0.5) is 0 Å². The van der Waals surface area contributed by atoms with Gasteiger partial charge in [0.25, 0.3) is 0 Å². The predicted octanol–water partition coefficient (Wildman–Crippen LogP) is 4.63. The average Bonchev–Trinajstić information content (AvgIpc) is 3.14. The lowest BCUT2D eigenvalue weighted by atomic mass is 9.96. The number of halogens is 1. The molecule has 0 amide bonds. The SMILES string of the molecule is COC(=O)c1cn(C(=O)[C@H]2CCCN(Cc3ccccc3Cl)C2)c2ccccc12. The fourth-order valence-electron chi connectivity index (χ4n) is 4.10. The Balaban J connectivity index is 1.58. The van der Waals surface area contributed by atoms with Crippen LogP contribution in [0.1, 0.15) is 33.6 Å². The van der Waals surface area contributed by atoms with Crippen LogP contribution in [0.2, 0.25) is 5.02 Å². The Morgan fingerprint density at radius 3 is 2.69 bits per heavy atom. The maximum Gasteiger partial charge on any atom is 0.340 e. The van der Waals surface area contributed by atoms with E-state index in [1.807, 2.05) is 48.5 Å². The second-order valence-electron chi connectivity index (χ2n) is 7.43. The summed E-state index contributed by atoms with van der Waals surface area (Å²) in [4.78, 5) is 27.8. The number of fused-ring (bicyclic) bond motifs is 1. The number of rotatable bonds is 4. The van der Waals surface area contributed by atoms with E-state index < -0.39 is 5.97 Å². The molecular formula is C23H23ClN2O3. The van der Waals surface area contributed by atoms with Crippen molar-refractivity contribution in [2.75, 3.05) is 20.2 Å². The summed E-state index contributed by atoms with van der Waals surface area (Å²) in [5.74, 6) is -0.551. The maximum absolute atomic E-state index is 13.4. The lowest BCUT2D eigenvalue weighted by Gasteiger charge is -2.32. The molecule has 0 bridgehead atoms. The first-order valence-corrected chi connectivity index (χ1v) is 10.1. The van der Waals surface area contributed by atoms with Gasteiger partial charge in [-0.25, -0.2) is 4.79 Å². The molecule has 1 aliphatic heterocycles. The van der Waals surface area contributed by atoms with Crippen LogP contribution in [-0.2, 0) is 11.3 Å². The third kappa shape index (κ3) is 3.93. The van der Waals surface area contributed by atoms with E-state index in [2.05, 4.69) is 4.90 Å². The Morgan fingerprint density at radius 2 is 1.90 bits per heavy atom. The van der Waals surface area contributed by atoms with Crippen LogP contribution in [0.15, 0.2) is 54.7 Å². The second-order valence-corrected chi connectivity index (χ2v) is 7.83. The Bertz CT molecular complexity index is 1060. The Labute approximate surface area is 174 Å². The first-order valence-electron chi connectivity index (χ1n) is 9.77. The fourth-order valence-corrected chi connectivity index (χ4v) is 4.30. The third-order valence-corrected chi connectivity index (χ3v) is 5.93. The molecule has 1 atom stereocenters. The molecular weight excluding hydrogens is 388 g/mol. The summed E-state index contributed by atoms with van der Waals surface area (Å²) in [6, 6.07) is 15.3. The van der Waals surface area contributed by atoms with E-state index in [1.165, 1.54) is 7.11 Å². The molecule has 1 saturated heterocycles. The summed E-state index contributed by atoms with van der Waals surface area (Å²) in [7, 11) is 1.35. The zero-order chi connectivity index (χ0) is 20.4. The molecule has 0 radical (unpaired) electrons. The van der Waals surface area contributed by atoms with Crippen molar-refractivity contribution in [3.63, 3.8) is 0 Å². The van der Waals surface area contributed by atoms with E-state index >= 15 is 0 Å². The van der Waals surface area contributed by atoms with Gasteiger partial charge < -0.3 is 4.74 Å². The number of carbonyl (C=O) groups excluding carboxylic acids is 2. The number of hydrogen-bond acceptors (Lipinski definition) is 4. The number of benzene rings is 2. The molecule has 1 fully saturated rings. The van der Waals surface area contributed by atoms with Crippen molar-refractivity contribution in [2.24, 2.45) is 5.92 Å². The van der Waals surface area contributed by atoms with Crippen molar-refractivity contribution in [1.82, 2.24) is 9.47 Å². The zero-order valence-corrected chi connectivity index (χ0v) is 17.1. The number of methoxy groups -OCH3 is 1. The van der Waals surface area contributed by atoms with Crippen molar-refractivity contribution >= 4 is 34.4 Å². The molecule has 150 valence electrons. The van der Waals surface area contributed by atoms with Gasteiger partial charge in [0.2, 0.25) is 5.91 Å². The van der Waals surface area contributed by atoms with Gasteiger partial charge in [-0.3, -0.25) is 14.3 Å². The molecule has 1 aliphatic rings.